The molecular formula is C18H14O3. The van der Waals surface area contributed by atoms with Crippen LogP contribution in [0.15, 0.2) is 59.4 Å². The Hall–Kier alpha value is -2.68. The molecule has 0 aliphatic rings. The van der Waals surface area contributed by atoms with Crippen LogP contribution in [-0.4, -0.2) is 12.6 Å². The van der Waals surface area contributed by atoms with Gasteiger partial charge < -0.3 is 4.74 Å². The van der Waals surface area contributed by atoms with Crippen LogP contribution < -0.4 is 5.43 Å². The molecule has 3 heteroatoms. The van der Waals surface area contributed by atoms with E-state index in [0.29, 0.717) is 22.9 Å². The first-order chi connectivity index (χ1) is 10.2. The van der Waals surface area contributed by atoms with Crippen molar-refractivity contribution in [3.63, 3.8) is 0 Å². The Morgan fingerprint density at radius 3 is 2.48 bits per heavy atom. The van der Waals surface area contributed by atoms with E-state index in [-0.39, 0.29) is 11.4 Å². The molecule has 104 valence electrons. The molecule has 0 unspecified atom stereocenters. The number of carbonyl (C=O) groups excluding carboxylic acids is 1. The van der Waals surface area contributed by atoms with Gasteiger partial charge in [-0.2, -0.15) is 0 Å². The summed E-state index contributed by atoms with van der Waals surface area (Å²) in [6, 6.07) is 16.3. The molecule has 3 aromatic rings. The molecule has 0 fully saturated rings. The fraction of sp³-hybridized carbons (Fsp3) is 0.111. The van der Waals surface area contributed by atoms with Crippen LogP contribution >= 0.6 is 0 Å². The lowest BCUT2D eigenvalue weighted by atomic mass is 10.1. The van der Waals surface area contributed by atoms with E-state index in [4.69, 9.17) is 4.74 Å². The van der Waals surface area contributed by atoms with E-state index in [1.807, 2.05) is 36.4 Å². The van der Waals surface area contributed by atoms with Crippen molar-refractivity contribution in [3.05, 3.63) is 70.4 Å². The van der Waals surface area contributed by atoms with Crippen molar-refractivity contribution >= 4 is 27.5 Å². The summed E-state index contributed by atoms with van der Waals surface area (Å²) in [6.07, 6.45) is 0. The second-order valence-electron chi connectivity index (χ2n) is 4.77. The summed E-state index contributed by atoms with van der Waals surface area (Å²) >= 11 is 0. The average Bonchev–Trinajstić information content (AvgIpc) is 2.65. The molecule has 0 bridgehead atoms. The number of hydrogen-bond acceptors (Lipinski definition) is 3. The summed E-state index contributed by atoms with van der Waals surface area (Å²) in [5, 5.41) is 2.90. The van der Waals surface area contributed by atoms with Gasteiger partial charge in [0.05, 0.1) is 12.2 Å². The van der Waals surface area contributed by atoms with Gasteiger partial charge in [0.1, 0.15) is 0 Å². The van der Waals surface area contributed by atoms with Crippen molar-refractivity contribution in [1.82, 2.24) is 0 Å². The van der Waals surface area contributed by atoms with E-state index >= 15 is 0 Å². The summed E-state index contributed by atoms with van der Waals surface area (Å²) in [4.78, 5) is 24.4. The van der Waals surface area contributed by atoms with Gasteiger partial charge >= 0.3 is 5.97 Å². The Balaban J connectivity index is 2.31. The minimum atomic E-state index is -0.372. The van der Waals surface area contributed by atoms with Crippen LogP contribution in [0.25, 0.3) is 21.5 Å². The second kappa shape index (κ2) is 5.37. The van der Waals surface area contributed by atoms with Crippen molar-refractivity contribution in [3.8, 4) is 0 Å². The van der Waals surface area contributed by atoms with E-state index in [2.05, 4.69) is 0 Å². The van der Waals surface area contributed by atoms with Gasteiger partial charge in [-0.05, 0) is 35.9 Å². The first-order valence-corrected chi connectivity index (χ1v) is 6.83. The van der Waals surface area contributed by atoms with Crippen molar-refractivity contribution in [2.45, 2.75) is 6.92 Å². The van der Waals surface area contributed by atoms with Crippen molar-refractivity contribution < 1.29 is 9.53 Å². The standard InChI is InChI=1S/C18H14O3/c1-2-21-18(20)14-9-10-16-13(11-14)8-7-12-5-3-4-6-15(12)17(16)19/h3-11H,2H2,1H3. The third-order valence-corrected chi connectivity index (χ3v) is 3.46. The number of fused-ring (bicyclic) bond motifs is 2. The summed E-state index contributed by atoms with van der Waals surface area (Å²) in [5.41, 5.74) is 0.431. The lowest BCUT2D eigenvalue weighted by molar-refractivity contribution is 0.0526. The van der Waals surface area contributed by atoms with Crippen LogP contribution in [-0.2, 0) is 4.74 Å². The molecule has 0 spiro atoms. The Morgan fingerprint density at radius 1 is 0.952 bits per heavy atom. The normalized spacial score (nSPS) is 10.7. The van der Waals surface area contributed by atoms with Crippen LogP contribution in [0.3, 0.4) is 0 Å². The lowest BCUT2D eigenvalue weighted by Crippen LogP contribution is -2.05. The van der Waals surface area contributed by atoms with Crippen molar-refractivity contribution in [1.29, 1.82) is 0 Å². The molecular weight excluding hydrogens is 264 g/mol. The average molecular weight is 278 g/mol. The zero-order chi connectivity index (χ0) is 14.8. The lowest BCUT2D eigenvalue weighted by Gasteiger charge is -2.01. The number of benzene rings is 2. The predicted octanol–water partition coefficient (Wildman–Crippen LogP) is 3.53. The molecule has 0 radical (unpaired) electrons. The first kappa shape index (κ1) is 13.3. The smallest absolute Gasteiger partial charge is 0.338 e. The third-order valence-electron chi connectivity index (χ3n) is 3.46. The SMILES string of the molecule is CCOC(=O)c1ccc2c(=O)c3ccccc3ccc2c1. The molecule has 0 aliphatic heterocycles. The zero-order valence-corrected chi connectivity index (χ0v) is 11.6. The maximum Gasteiger partial charge on any atom is 0.338 e. The molecule has 0 amide bonds. The van der Waals surface area contributed by atoms with E-state index in [1.165, 1.54) is 0 Å². The van der Waals surface area contributed by atoms with Gasteiger partial charge in [0, 0.05) is 10.8 Å². The van der Waals surface area contributed by atoms with E-state index < -0.39 is 0 Å². The van der Waals surface area contributed by atoms with Crippen LogP contribution in [0.2, 0.25) is 0 Å². The van der Waals surface area contributed by atoms with Gasteiger partial charge in [-0.15, -0.1) is 0 Å². The van der Waals surface area contributed by atoms with Crippen LogP contribution in [0.5, 0.6) is 0 Å². The number of rotatable bonds is 2. The number of esters is 1. The van der Waals surface area contributed by atoms with Crippen molar-refractivity contribution in [2.75, 3.05) is 6.61 Å². The highest BCUT2D eigenvalue weighted by atomic mass is 16.5. The van der Waals surface area contributed by atoms with Gasteiger partial charge in [-0.1, -0.05) is 36.4 Å². The molecule has 3 rings (SSSR count). The highest BCUT2D eigenvalue weighted by molar-refractivity contribution is 5.98. The predicted molar refractivity (Wildman–Crippen MR) is 83.7 cm³/mol. The monoisotopic (exact) mass is 278 g/mol. The van der Waals surface area contributed by atoms with Crippen molar-refractivity contribution in [2.24, 2.45) is 0 Å². The third kappa shape index (κ3) is 2.38. The quantitative estimate of drug-likeness (QED) is 0.673. The summed E-state index contributed by atoms with van der Waals surface area (Å²) in [6.45, 7) is 2.09. The van der Waals surface area contributed by atoms with Gasteiger partial charge in [0.15, 0.2) is 5.43 Å². The molecule has 0 atom stereocenters. The fourth-order valence-corrected chi connectivity index (χ4v) is 2.42. The Morgan fingerprint density at radius 2 is 1.67 bits per heavy atom. The second-order valence-corrected chi connectivity index (χ2v) is 4.77. The molecule has 0 N–H and O–H groups in total. The molecule has 0 saturated carbocycles. The minimum absolute atomic E-state index is 0.0268. The van der Waals surface area contributed by atoms with Crippen LogP contribution in [0, 0.1) is 0 Å². The Kier molecular flexibility index (Phi) is 3.40. The molecule has 3 aromatic carbocycles. The zero-order valence-electron chi connectivity index (χ0n) is 11.6. The molecule has 0 heterocycles. The van der Waals surface area contributed by atoms with E-state index in [9.17, 15) is 9.59 Å². The van der Waals surface area contributed by atoms with Gasteiger partial charge in [-0.25, -0.2) is 4.79 Å². The minimum Gasteiger partial charge on any atom is -0.462 e. The largest absolute Gasteiger partial charge is 0.462 e. The van der Waals surface area contributed by atoms with Crippen LogP contribution in [0.1, 0.15) is 17.3 Å². The fourth-order valence-electron chi connectivity index (χ4n) is 2.42. The summed E-state index contributed by atoms with van der Waals surface area (Å²) < 4.78 is 4.99. The van der Waals surface area contributed by atoms with Crippen LogP contribution in [0.4, 0.5) is 0 Å². The number of ether oxygens (including phenoxy) is 1. The van der Waals surface area contributed by atoms with Gasteiger partial charge in [0.25, 0.3) is 0 Å². The highest BCUT2D eigenvalue weighted by Crippen LogP contribution is 2.17. The molecule has 0 aliphatic carbocycles. The molecule has 0 aromatic heterocycles. The van der Waals surface area contributed by atoms with E-state index in [0.717, 1.165) is 10.8 Å². The summed E-state index contributed by atoms with van der Waals surface area (Å²) in [7, 11) is 0. The maximum atomic E-state index is 12.6. The number of hydrogen-bond donors (Lipinski definition) is 0. The van der Waals surface area contributed by atoms with Gasteiger partial charge in [0.2, 0.25) is 0 Å². The molecule has 3 nitrogen and oxygen atoms in total. The molecule has 21 heavy (non-hydrogen) atoms. The highest BCUT2D eigenvalue weighted by Gasteiger charge is 2.08. The van der Waals surface area contributed by atoms with Gasteiger partial charge in [-0.3, -0.25) is 4.79 Å². The molecule has 0 saturated heterocycles. The Labute approximate surface area is 121 Å². The topological polar surface area (TPSA) is 43.4 Å². The van der Waals surface area contributed by atoms with E-state index in [1.54, 1.807) is 25.1 Å². The number of carbonyl (C=O) groups is 1. The first-order valence-electron chi connectivity index (χ1n) is 6.83. The summed E-state index contributed by atoms with van der Waals surface area (Å²) in [5.74, 6) is -0.372. The Bertz CT molecular complexity index is 897. The maximum absolute atomic E-state index is 12.6.